The van der Waals surface area contributed by atoms with Crippen LogP contribution in [0.2, 0.25) is 0 Å². The first-order valence-electron chi connectivity index (χ1n) is 2.87. The Hall–Kier alpha value is -0.180. The molecule has 4 heteroatoms. The lowest BCUT2D eigenvalue weighted by atomic mass is 10.5. The fourth-order valence-corrected chi connectivity index (χ4v) is 0.164. The molecule has 0 saturated heterocycles. The molecule has 0 aliphatic rings. The van der Waals surface area contributed by atoms with Gasteiger partial charge in [-0.3, -0.25) is 0 Å². The van der Waals surface area contributed by atoms with Crippen molar-refractivity contribution in [3.8, 4) is 0 Å². The van der Waals surface area contributed by atoms with Gasteiger partial charge in [-0.15, -0.1) is 0 Å². The Morgan fingerprint density at radius 1 is 1.30 bits per heavy atom. The van der Waals surface area contributed by atoms with Crippen LogP contribution in [0.15, 0.2) is 11.1 Å². The molecule has 0 spiro atoms. The molecule has 0 heterocycles. The van der Waals surface area contributed by atoms with E-state index in [0.29, 0.717) is 0 Å². The van der Waals surface area contributed by atoms with Crippen molar-refractivity contribution in [3.63, 3.8) is 0 Å². The molecule has 0 aromatic heterocycles. The summed E-state index contributed by atoms with van der Waals surface area (Å²) < 4.78 is 33.7. The Kier molecular flexibility index (Phi) is 6.99. The number of halogens is 4. The maximum absolute atomic E-state index is 11.2. The molecule has 10 heavy (non-hydrogen) atoms. The second kappa shape index (κ2) is 5.59. The van der Waals surface area contributed by atoms with E-state index >= 15 is 0 Å². The first kappa shape index (κ1) is 12.5. The van der Waals surface area contributed by atoms with Gasteiger partial charge in [0.1, 0.15) is 5.03 Å². The van der Waals surface area contributed by atoms with Gasteiger partial charge in [0.05, 0.1) is 0 Å². The van der Waals surface area contributed by atoms with Crippen molar-refractivity contribution >= 4 is 11.6 Å². The van der Waals surface area contributed by atoms with Crippen molar-refractivity contribution in [1.29, 1.82) is 0 Å². The minimum atomic E-state index is -4.36. The first-order valence-corrected chi connectivity index (χ1v) is 3.25. The van der Waals surface area contributed by atoms with E-state index in [4.69, 9.17) is 0 Å². The fourth-order valence-electron chi connectivity index (χ4n) is 0.164. The van der Waals surface area contributed by atoms with E-state index in [1.54, 1.807) is 0 Å². The lowest BCUT2D eigenvalue weighted by Gasteiger charge is -2.00. The maximum Gasteiger partial charge on any atom is 0.426 e. The van der Waals surface area contributed by atoms with E-state index < -0.39 is 11.2 Å². The van der Waals surface area contributed by atoms with Crippen molar-refractivity contribution in [2.24, 2.45) is 0 Å². The quantitative estimate of drug-likeness (QED) is 0.525. The molecule has 62 valence electrons. The number of hydrogen-bond donors (Lipinski definition) is 0. The monoisotopic (exact) mass is 174 g/mol. The molecule has 0 fully saturated rings. The maximum atomic E-state index is 11.2. The molecular formula is C6H10ClF3. The summed E-state index contributed by atoms with van der Waals surface area (Å²) in [5.74, 6) is 0. The van der Waals surface area contributed by atoms with Crippen molar-refractivity contribution in [2.75, 3.05) is 0 Å². The van der Waals surface area contributed by atoms with Crippen LogP contribution < -0.4 is 0 Å². The molecule has 0 aliphatic heterocycles. The summed E-state index contributed by atoms with van der Waals surface area (Å²) in [5.41, 5.74) is 0. The van der Waals surface area contributed by atoms with Crippen molar-refractivity contribution in [2.45, 2.75) is 26.9 Å². The summed E-state index contributed by atoms with van der Waals surface area (Å²) in [6.07, 6.45) is -3.56. The third kappa shape index (κ3) is 5.95. The summed E-state index contributed by atoms with van der Waals surface area (Å²) in [4.78, 5) is 0. The Morgan fingerprint density at radius 2 is 1.60 bits per heavy atom. The van der Waals surface area contributed by atoms with Gasteiger partial charge in [0.25, 0.3) is 0 Å². The second-order valence-corrected chi connectivity index (χ2v) is 1.54. The van der Waals surface area contributed by atoms with Gasteiger partial charge in [0.15, 0.2) is 0 Å². The Balaban J connectivity index is 0. The highest BCUT2D eigenvalue weighted by Gasteiger charge is 2.31. The van der Waals surface area contributed by atoms with E-state index in [-0.39, 0.29) is 0 Å². The minimum absolute atomic E-state index is 0.807. The van der Waals surface area contributed by atoms with Gasteiger partial charge in [-0.05, 0) is 6.92 Å². The van der Waals surface area contributed by atoms with Crippen LogP contribution in [-0.4, -0.2) is 6.18 Å². The van der Waals surface area contributed by atoms with Gasteiger partial charge in [-0.1, -0.05) is 31.5 Å². The molecule has 0 saturated carbocycles. The molecule has 0 atom stereocenters. The van der Waals surface area contributed by atoms with Gasteiger partial charge in [-0.25, -0.2) is 0 Å². The zero-order chi connectivity index (χ0) is 8.78. The zero-order valence-corrected chi connectivity index (χ0v) is 6.85. The fraction of sp³-hybridized carbons (Fsp3) is 0.667. The van der Waals surface area contributed by atoms with Gasteiger partial charge in [0, 0.05) is 0 Å². The van der Waals surface area contributed by atoms with Crippen molar-refractivity contribution in [1.82, 2.24) is 0 Å². The second-order valence-electron chi connectivity index (χ2n) is 1.13. The molecule has 0 bridgehead atoms. The first-order chi connectivity index (χ1) is 4.48. The molecule has 0 unspecified atom stereocenters. The topological polar surface area (TPSA) is 0 Å². The van der Waals surface area contributed by atoms with Crippen molar-refractivity contribution in [3.05, 3.63) is 11.1 Å². The van der Waals surface area contributed by atoms with E-state index in [1.165, 1.54) is 6.92 Å². The SMILES string of the molecule is C/C=C(\Cl)C(F)(F)F.CC. The van der Waals surface area contributed by atoms with E-state index in [9.17, 15) is 13.2 Å². The van der Waals surface area contributed by atoms with Gasteiger partial charge >= 0.3 is 6.18 Å². The third-order valence-electron chi connectivity index (χ3n) is 0.524. The summed E-state index contributed by atoms with van der Waals surface area (Å²) in [6.45, 7) is 5.23. The predicted molar refractivity (Wildman–Crippen MR) is 37.0 cm³/mol. The molecule has 0 rings (SSSR count). The number of allylic oxidation sites excluding steroid dienone is 2. The molecule has 0 radical (unpaired) electrons. The largest absolute Gasteiger partial charge is 0.426 e. The van der Waals surface area contributed by atoms with Crippen LogP contribution >= 0.6 is 11.6 Å². The van der Waals surface area contributed by atoms with Crippen LogP contribution in [0.5, 0.6) is 0 Å². The standard InChI is InChI=1S/C4H4ClF3.C2H6/c1-2-3(5)4(6,7)8;1-2/h2H,1H3;1-2H3/b3-2-;. The van der Waals surface area contributed by atoms with Crippen molar-refractivity contribution < 1.29 is 13.2 Å². The van der Waals surface area contributed by atoms with E-state index in [1.807, 2.05) is 13.8 Å². The van der Waals surface area contributed by atoms with Gasteiger partial charge in [-0.2, -0.15) is 13.2 Å². The van der Waals surface area contributed by atoms with Gasteiger partial charge < -0.3 is 0 Å². The molecule has 0 aliphatic carbocycles. The van der Waals surface area contributed by atoms with Gasteiger partial charge in [0.2, 0.25) is 0 Å². The molecule has 0 aromatic rings. The summed E-state index contributed by atoms with van der Waals surface area (Å²) >= 11 is 4.68. The number of hydrogen-bond acceptors (Lipinski definition) is 0. The van der Waals surface area contributed by atoms with Crippen LogP contribution in [0.1, 0.15) is 20.8 Å². The highest BCUT2D eigenvalue weighted by molar-refractivity contribution is 6.30. The van der Waals surface area contributed by atoms with Crippen LogP contribution in [0, 0.1) is 0 Å². The highest BCUT2D eigenvalue weighted by Crippen LogP contribution is 2.27. The highest BCUT2D eigenvalue weighted by atomic mass is 35.5. The molecule has 0 nitrogen and oxygen atoms in total. The smallest absolute Gasteiger partial charge is 0.165 e. The lowest BCUT2D eigenvalue weighted by Crippen LogP contribution is -2.06. The molecule has 0 aromatic carbocycles. The van der Waals surface area contributed by atoms with E-state index in [2.05, 4.69) is 11.6 Å². The van der Waals surface area contributed by atoms with Crippen LogP contribution in [0.3, 0.4) is 0 Å². The average molecular weight is 175 g/mol. The zero-order valence-electron chi connectivity index (χ0n) is 6.09. The predicted octanol–water partition coefficient (Wildman–Crippen LogP) is 3.72. The Morgan fingerprint density at radius 3 is 1.60 bits per heavy atom. The van der Waals surface area contributed by atoms with Crippen LogP contribution in [-0.2, 0) is 0 Å². The summed E-state index contributed by atoms with van der Waals surface area (Å²) in [5, 5.41) is -1.07. The lowest BCUT2D eigenvalue weighted by molar-refractivity contribution is -0.0846. The number of alkyl halides is 3. The Bertz CT molecular complexity index is 104. The van der Waals surface area contributed by atoms with Crippen LogP contribution in [0.4, 0.5) is 13.2 Å². The minimum Gasteiger partial charge on any atom is -0.165 e. The molecular weight excluding hydrogens is 165 g/mol. The Labute approximate surface area is 63.7 Å². The van der Waals surface area contributed by atoms with E-state index in [0.717, 1.165) is 6.08 Å². The molecule has 0 N–H and O–H groups in total. The summed E-state index contributed by atoms with van der Waals surface area (Å²) in [6, 6.07) is 0. The normalized spacial score (nSPS) is 12.1. The third-order valence-corrected chi connectivity index (χ3v) is 0.957. The summed E-state index contributed by atoms with van der Waals surface area (Å²) in [7, 11) is 0. The average Bonchev–Trinajstić information content (AvgIpc) is 1.89. The number of rotatable bonds is 0. The van der Waals surface area contributed by atoms with Crippen LogP contribution in [0.25, 0.3) is 0 Å². The molecule has 0 amide bonds.